The number of nitrogens with zero attached hydrogens (tertiary/aromatic N) is 2. The Hall–Kier alpha value is -2.05. The SMILES string of the molecule is Nc1ncc(-c2cnc(C3CCCC3)[nH]2)cc1C(F)(F)F. The minimum atomic E-state index is -4.51. The third-order valence-corrected chi connectivity index (χ3v) is 3.87. The van der Waals surface area contributed by atoms with Crippen molar-refractivity contribution in [3.8, 4) is 11.3 Å². The van der Waals surface area contributed by atoms with Crippen molar-refractivity contribution in [1.82, 2.24) is 15.0 Å². The predicted molar refractivity (Wildman–Crippen MR) is 72.4 cm³/mol. The van der Waals surface area contributed by atoms with Crippen LogP contribution >= 0.6 is 0 Å². The quantitative estimate of drug-likeness (QED) is 0.887. The number of imidazole rings is 1. The first kappa shape index (κ1) is 13.9. The number of aromatic amines is 1. The number of anilines is 1. The molecule has 0 bridgehead atoms. The van der Waals surface area contributed by atoms with E-state index in [1.165, 1.54) is 19.0 Å². The molecule has 0 aromatic carbocycles. The van der Waals surface area contributed by atoms with Crippen LogP contribution in [0, 0.1) is 0 Å². The summed E-state index contributed by atoms with van der Waals surface area (Å²) in [4.78, 5) is 11.0. The van der Waals surface area contributed by atoms with Gasteiger partial charge in [0.2, 0.25) is 0 Å². The first-order valence-electron chi connectivity index (χ1n) is 6.83. The summed E-state index contributed by atoms with van der Waals surface area (Å²) in [7, 11) is 0. The topological polar surface area (TPSA) is 67.6 Å². The van der Waals surface area contributed by atoms with Gasteiger partial charge in [-0.1, -0.05) is 12.8 Å². The minimum Gasteiger partial charge on any atom is -0.383 e. The van der Waals surface area contributed by atoms with Crippen molar-refractivity contribution < 1.29 is 13.2 Å². The highest BCUT2D eigenvalue weighted by molar-refractivity contribution is 5.61. The largest absolute Gasteiger partial charge is 0.419 e. The van der Waals surface area contributed by atoms with Crippen LogP contribution in [-0.2, 0) is 6.18 Å². The number of nitrogen functional groups attached to an aromatic ring is 1. The van der Waals surface area contributed by atoms with Crippen LogP contribution in [0.15, 0.2) is 18.5 Å². The van der Waals surface area contributed by atoms with E-state index in [2.05, 4.69) is 15.0 Å². The van der Waals surface area contributed by atoms with Crippen molar-refractivity contribution in [2.45, 2.75) is 37.8 Å². The summed E-state index contributed by atoms with van der Waals surface area (Å²) in [6, 6.07) is 1.01. The van der Waals surface area contributed by atoms with E-state index in [0.29, 0.717) is 17.2 Å². The Morgan fingerprint density at radius 1 is 1.14 bits per heavy atom. The Morgan fingerprint density at radius 2 is 1.86 bits per heavy atom. The second-order valence-electron chi connectivity index (χ2n) is 5.32. The molecule has 1 aliphatic carbocycles. The molecule has 2 aromatic heterocycles. The fourth-order valence-electron chi connectivity index (χ4n) is 2.74. The van der Waals surface area contributed by atoms with Gasteiger partial charge in [0.15, 0.2) is 0 Å². The molecule has 3 N–H and O–H groups in total. The highest BCUT2D eigenvalue weighted by Crippen LogP contribution is 2.36. The number of hydrogen-bond acceptors (Lipinski definition) is 3. The fourth-order valence-corrected chi connectivity index (χ4v) is 2.74. The maximum absolute atomic E-state index is 12.8. The van der Waals surface area contributed by atoms with Gasteiger partial charge in [0.05, 0.1) is 17.5 Å². The van der Waals surface area contributed by atoms with Crippen molar-refractivity contribution >= 4 is 5.82 Å². The first-order valence-corrected chi connectivity index (χ1v) is 6.83. The smallest absolute Gasteiger partial charge is 0.383 e. The minimum absolute atomic E-state index is 0.341. The Balaban J connectivity index is 1.93. The molecule has 0 aliphatic heterocycles. The van der Waals surface area contributed by atoms with Gasteiger partial charge in [-0.05, 0) is 18.9 Å². The van der Waals surface area contributed by atoms with Crippen LogP contribution in [0.1, 0.15) is 43.0 Å². The monoisotopic (exact) mass is 296 g/mol. The molecule has 0 radical (unpaired) electrons. The third kappa shape index (κ3) is 2.72. The lowest BCUT2D eigenvalue weighted by Crippen LogP contribution is -2.10. The van der Waals surface area contributed by atoms with Crippen LogP contribution in [-0.4, -0.2) is 15.0 Å². The molecule has 0 unspecified atom stereocenters. The Bertz CT molecular complexity index is 642. The Kier molecular flexibility index (Phi) is 3.35. The van der Waals surface area contributed by atoms with Gasteiger partial charge in [0, 0.05) is 17.7 Å². The van der Waals surface area contributed by atoms with Gasteiger partial charge in [0.1, 0.15) is 11.6 Å². The molecule has 2 heterocycles. The lowest BCUT2D eigenvalue weighted by molar-refractivity contribution is -0.137. The van der Waals surface area contributed by atoms with E-state index < -0.39 is 17.6 Å². The van der Waals surface area contributed by atoms with Gasteiger partial charge in [0.25, 0.3) is 0 Å². The molecule has 3 rings (SSSR count). The van der Waals surface area contributed by atoms with E-state index in [9.17, 15) is 13.2 Å². The Morgan fingerprint density at radius 3 is 2.52 bits per heavy atom. The molecule has 1 fully saturated rings. The Labute approximate surface area is 119 Å². The summed E-state index contributed by atoms with van der Waals surface area (Å²) in [5.41, 5.74) is 5.26. The zero-order valence-corrected chi connectivity index (χ0v) is 11.2. The molecule has 0 amide bonds. The van der Waals surface area contributed by atoms with Crippen LogP contribution < -0.4 is 5.73 Å². The van der Waals surface area contributed by atoms with Gasteiger partial charge in [-0.2, -0.15) is 13.2 Å². The summed E-state index contributed by atoms with van der Waals surface area (Å²) in [6.45, 7) is 0. The normalized spacial score (nSPS) is 16.5. The molecule has 0 saturated heterocycles. The number of pyridine rings is 1. The highest BCUT2D eigenvalue weighted by atomic mass is 19.4. The molecule has 0 atom stereocenters. The summed E-state index contributed by atoms with van der Waals surface area (Å²) in [5.74, 6) is 0.706. The van der Waals surface area contributed by atoms with Crippen molar-refractivity contribution in [1.29, 1.82) is 0 Å². The maximum atomic E-state index is 12.8. The zero-order valence-electron chi connectivity index (χ0n) is 11.2. The summed E-state index contributed by atoms with van der Waals surface area (Å²) in [6.07, 6.45) is 2.85. The molecule has 112 valence electrons. The molecule has 1 aliphatic rings. The predicted octanol–water partition coefficient (Wildman–Crippen LogP) is 3.73. The van der Waals surface area contributed by atoms with Gasteiger partial charge < -0.3 is 10.7 Å². The van der Waals surface area contributed by atoms with Gasteiger partial charge in [-0.15, -0.1) is 0 Å². The number of nitrogens with one attached hydrogen (secondary N) is 1. The van der Waals surface area contributed by atoms with Gasteiger partial charge in [-0.25, -0.2) is 9.97 Å². The van der Waals surface area contributed by atoms with Gasteiger partial charge >= 0.3 is 6.18 Å². The van der Waals surface area contributed by atoms with Gasteiger partial charge in [-0.3, -0.25) is 0 Å². The number of halogens is 3. The molecule has 4 nitrogen and oxygen atoms in total. The molecule has 7 heteroatoms. The molecule has 21 heavy (non-hydrogen) atoms. The van der Waals surface area contributed by atoms with Crippen molar-refractivity contribution in [3.63, 3.8) is 0 Å². The molecule has 1 saturated carbocycles. The van der Waals surface area contributed by atoms with Crippen LogP contribution in [0.4, 0.5) is 19.0 Å². The average molecular weight is 296 g/mol. The zero-order chi connectivity index (χ0) is 15.0. The second-order valence-corrected chi connectivity index (χ2v) is 5.32. The summed E-state index contributed by atoms with van der Waals surface area (Å²) < 4.78 is 38.5. The third-order valence-electron chi connectivity index (χ3n) is 3.87. The van der Waals surface area contributed by atoms with Crippen molar-refractivity contribution in [2.75, 3.05) is 5.73 Å². The fraction of sp³-hybridized carbons (Fsp3) is 0.429. The first-order chi connectivity index (χ1) is 9.95. The molecule has 0 spiro atoms. The number of H-pyrrole nitrogens is 1. The molecular weight excluding hydrogens is 281 g/mol. The number of nitrogens with two attached hydrogens (primary N) is 1. The number of rotatable bonds is 2. The van der Waals surface area contributed by atoms with E-state index in [0.717, 1.165) is 24.7 Å². The standard InChI is InChI=1S/C14H15F3N4/c15-14(16,17)10-5-9(6-19-12(10)18)11-7-20-13(21-11)8-3-1-2-4-8/h5-8H,1-4H2,(H2,18,19)(H,20,21). The number of alkyl halides is 3. The summed E-state index contributed by atoms with van der Waals surface area (Å²) in [5, 5.41) is 0. The summed E-state index contributed by atoms with van der Waals surface area (Å²) >= 11 is 0. The number of hydrogen-bond donors (Lipinski definition) is 2. The molecule has 2 aromatic rings. The second kappa shape index (κ2) is 5.05. The maximum Gasteiger partial charge on any atom is 0.419 e. The van der Waals surface area contributed by atoms with E-state index in [-0.39, 0.29) is 0 Å². The van der Waals surface area contributed by atoms with E-state index in [1.807, 2.05) is 0 Å². The van der Waals surface area contributed by atoms with Crippen molar-refractivity contribution in [2.24, 2.45) is 0 Å². The lowest BCUT2D eigenvalue weighted by atomic mass is 10.1. The van der Waals surface area contributed by atoms with Crippen LogP contribution in [0.2, 0.25) is 0 Å². The lowest BCUT2D eigenvalue weighted by Gasteiger charge is -2.10. The average Bonchev–Trinajstić information content (AvgIpc) is 3.09. The van der Waals surface area contributed by atoms with Crippen LogP contribution in [0.5, 0.6) is 0 Å². The van der Waals surface area contributed by atoms with Crippen LogP contribution in [0.25, 0.3) is 11.3 Å². The van der Waals surface area contributed by atoms with E-state index in [4.69, 9.17) is 5.73 Å². The van der Waals surface area contributed by atoms with Crippen LogP contribution in [0.3, 0.4) is 0 Å². The van der Waals surface area contributed by atoms with E-state index >= 15 is 0 Å². The van der Waals surface area contributed by atoms with Crippen molar-refractivity contribution in [3.05, 3.63) is 29.8 Å². The number of aromatic nitrogens is 3. The molecular formula is C14H15F3N4. The highest BCUT2D eigenvalue weighted by Gasteiger charge is 2.34. The van der Waals surface area contributed by atoms with E-state index in [1.54, 1.807) is 6.20 Å².